The molecule has 0 bridgehead atoms. The van der Waals surface area contributed by atoms with E-state index in [9.17, 15) is 0 Å². The number of hydrogen-bond donors (Lipinski definition) is 1. The van der Waals surface area contributed by atoms with Gasteiger partial charge < -0.3 is 10.1 Å². The summed E-state index contributed by atoms with van der Waals surface area (Å²) in [5, 5.41) is 3.63. The van der Waals surface area contributed by atoms with Crippen molar-refractivity contribution >= 4 is 0 Å². The van der Waals surface area contributed by atoms with Crippen LogP contribution >= 0.6 is 0 Å². The zero-order valence-electron chi connectivity index (χ0n) is 10.8. The number of rotatable bonds is 5. The molecule has 0 amide bonds. The number of hydrogen-bond acceptors (Lipinski definition) is 2. The first-order valence-electron chi connectivity index (χ1n) is 6.51. The molecule has 0 aromatic rings. The second kappa shape index (κ2) is 6.49. The third-order valence-corrected chi connectivity index (χ3v) is 3.30. The van der Waals surface area contributed by atoms with Gasteiger partial charge in [0.05, 0.1) is 6.10 Å². The molecule has 1 aliphatic rings. The molecule has 0 aromatic heterocycles. The Hall–Kier alpha value is -0.0800. The van der Waals surface area contributed by atoms with Gasteiger partial charge in [0, 0.05) is 18.7 Å². The van der Waals surface area contributed by atoms with Crippen LogP contribution in [0, 0.1) is 5.92 Å². The van der Waals surface area contributed by atoms with Crippen molar-refractivity contribution in [3.8, 4) is 0 Å². The van der Waals surface area contributed by atoms with Gasteiger partial charge in [-0.15, -0.1) is 0 Å². The average molecular weight is 213 g/mol. The van der Waals surface area contributed by atoms with Gasteiger partial charge in [0.25, 0.3) is 0 Å². The van der Waals surface area contributed by atoms with E-state index in [0.717, 1.165) is 12.5 Å². The Morgan fingerprint density at radius 2 is 2.07 bits per heavy atom. The van der Waals surface area contributed by atoms with E-state index < -0.39 is 0 Å². The Kier molecular flexibility index (Phi) is 5.62. The maximum Gasteiger partial charge on any atom is 0.0728 e. The van der Waals surface area contributed by atoms with Crippen molar-refractivity contribution in [2.24, 2.45) is 5.92 Å². The highest BCUT2D eigenvalue weighted by molar-refractivity contribution is 4.85. The molecule has 0 saturated carbocycles. The van der Waals surface area contributed by atoms with E-state index >= 15 is 0 Å². The van der Waals surface area contributed by atoms with E-state index in [1.165, 1.54) is 25.7 Å². The van der Waals surface area contributed by atoms with Crippen LogP contribution < -0.4 is 5.32 Å². The first-order chi connectivity index (χ1) is 7.13. The standard InChI is InChI=1S/C13H27NO/c1-5-12-13(7-6-11(4)14-12)15-9-8-10(2)3/h10-14H,5-9H2,1-4H3. The lowest BCUT2D eigenvalue weighted by Gasteiger charge is -2.35. The van der Waals surface area contributed by atoms with Crippen LogP contribution in [0.2, 0.25) is 0 Å². The van der Waals surface area contributed by atoms with Crippen LogP contribution in [0.4, 0.5) is 0 Å². The third kappa shape index (κ3) is 4.52. The van der Waals surface area contributed by atoms with Crippen LogP contribution in [-0.2, 0) is 4.74 Å². The van der Waals surface area contributed by atoms with Gasteiger partial charge in [-0.25, -0.2) is 0 Å². The smallest absolute Gasteiger partial charge is 0.0728 e. The van der Waals surface area contributed by atoms with E-state index in [2.05, 4.69) is 33.0 Å². The number of ether oxygens (including phenoxy) is 1. The molecule has 0 aromatic carbocycles. The molecule has 1 aliphatic heterocycles. The van der Waals surface area contributed by atoms with Crippen molar-refractivity contribution in [2.75, 3.05) is 6.61 Å². The Morgan fingerprint density at radius 3 is 2.67 bits per heavy atom. The van der Waals surface area contributed by atoms with Gasteiger partial charge in [-0.2, -0.15) is 0 Å². The summed E-state index contributed by atoms with van der Waals surface area (Å²) in [5.41, 5.74) is 0. The first kappa shape index (κ1) is 13.0. The van der Waals surface area contributed by atoms with Crippen molar-refractivity contribution in [3.63, 3.8) is 0 Å². The highest BCUT2D eigenvalue weighted by Gasteiger charge is 2.26. The van der Waals surface area contributed by atoms with Crippen LogP contribution in [0.25, 0.3) is 0 Å². The lowest BCUT2D eigenvalue weighted by molar-refractivity contribution is -0.00470. The molecular formula is C13H27NO. The lowest BCUT2D eigenvalue weighted by Crippen LogP contribution is -2.50. The van der Waals surface area contributed by atoms with E-state index in [1.54, 1.807) is 0 Å². The molecule has 90 valence electrons. The average Bonchev–Trinajstić information content (AvgIpc) is 2.19. The predicted molar refractivity (Wildman–Crippen MR) is 65.1 cm³/mol. The summed E-state index contributed by atoms with van der Waals surface area (Å²) in [5.74, 6) is 0.751. The predicted octanol–water partition coefficient (Wildman–Crippen LogP) is 2.97. The summed E-state index contributed by atoms with van der Waals surface area (Å²) in [6.07, 6.45) is 5.29. The number of piperidine rings is 1. The Balaban J connectivity index is 2.26. The molecule has 1 fully saturated rings. The van der Waals surface area contributed by atoms with Gasteiger partial charge in [-0.3, -0.25) is 0 Å². The van der Waals surface area contributed by atoms with Crippen LogP contribution in [-0.4, -0.2) is 24.8 Å². The lowest BCUT2D eigenvalue weighted by atomic mass is 9.95. The highest BCUT2D eigenvalue weighted by Crippen LogP contribution is 2.19. The SMILES string of the molecule is CCC1NC(C)CCC1OCCC(C)C. The maximum atomic E-state index is 5.98. The zero-order chi connectivity index (χ0) is 11.3. The topological polar surface area (TPSA) is 21.3 Å². The summed E-state index contributed by atoms with van der Waals surface area (Å²) in [6.45, 7) is 9.94. The zero-order valence-corrected chi connectivity index (χ0v) is 10.8. The van der Waals surface area contributed by atoms with E-state index in [1.807, 2.05) is 0 Å². The molecule has 0 spiro atoms. The molecule has 1 saturated heterocycles. The Morgan fingerprint density at radius 1 is 1.33 bits per heavy atom. The molecule has 0 radical (unpaired) electrons. The molecule has 2 heteroatoms. The fourth-order valence-corrected chi connectivity index (χ4v) is 2.21. The van der Waals surface area contributed by atoms with Crippen LogP contribution in [0.3, 0.4) is 0 Å². The quantitative estimate of drug-likeness (QED) is 0.758. The van der Waals surface area contributed by atoms with E-state index in [0.29, 0.717) is 18.2 Å². The van der Waals surface area contributed by atoms with E-state index in [-0.39, 0.29) is 0 Å². The molecule has 3 unspecified atom stereocenters. The second-order valence-corrected chi connectivity index (χ2v) is 5.25. The molecule has 2 nitrogen and oxygen atoms in total. The van der Waals surface area contributed by atoms with Gasteiger partial charge in [0.15, 0.2) is 0 Å². The second-order valence-electron chi connectivity index (χ2n) is 5.25. The molecule has 0 aliphatic carbocycles. The normalized spacial score (nSPS) is 32.2. The molecule has 1 heterocycles. The van der Waals surface area contributed by atoms with Gasteiger partial charge in [0.2, 0.25) is 0 Å². The fraction of sp³-hybridized carbons (Fsp3) is 1.00. The molecule has 1 rings (SSSR count). The van der Waals surface area contributed by atoms with Gasteiger partial charge in [-0.1, -0.05) is 20.8 Å². The molecule has 1 N–H and O–H groups in total. The summed E-state index contributed by atoms with van der Waals surface area (Å²) >= 11 is 0. The van der Waals surface area contributed by atoms with Crippen molar-refractivity contribution in [2.45, 2.75) is 71.6 Å². The van der Waals surface area contributed by atoms with E-state index in [4.69, 9.17) is 4.74 Å². The molecule has 15 heavy (non-hydrogen) atoms. The molecule has 3 atom stereocenters. The van der Waals surface area contributed by atoms with Crippen LogP contribution in [0.5, 0.6) is 0 Å². The van der Waals surface area contributed by atoms with Gasteiger partial charge in [0.1, 0.15) is 0 Å². The summed E-state index contributed by atoms with van der Waals surface area (Å²) in [6, 6.07) is 1.24. The summed E-state index contributed by atoms with van der Waals surface area (Å²) in [7, 11) is 0. The summed E-state index contributed by atoms with van der Waals surface area (Å²) < 4.78 is 5.98. The van der Waals surface area contributed by atoms with Crippen molar-refractivity contribution in [3.05, 3.63) is 0 Å². The maximum absolute atomic E-state index is 5.98. The van der Waals surface area contributed by atoms with Crippen LogP contribution in [0.1, 0.15) is 53.4 Å². The third-order valence-electron chi connectivity index (χ3n) is 3.30. The fourth-order valence-electron chi connectivity index (χ4n) is 2.21. The monoisotopic (exact) mass is 213 g/mol. The number of nitrogens with one attached hydrogen (secondary N) is 1. The minimum absolute atomic E-state index is 0.449. The van der Waals surface area contributed by atoms with Crippen molar-refractivity contribution in [1.82, 2.24) is 5.32 Å². The van der Waals surface area contributed by atoms with Gasteiger partial charge in [-0.05, 0) is 38.5 Å². The minimum atomic E-state index is 0.449. The van der Waals surface area contributed by atoms with Crippen molar-refractivity contribution in [1.29, 1.82) is 0 Å². The molecular weight excluding hydrogens is 186 g/mol. The van der Waals surface area contributed by atoms with Crippen molar-refractivity contribution < 1.29 is 4.74 Å². The summed E-state index contributed by atoms with van der Waals surface area (Å²) in [4.78, 5) is 0. The Labute approximate surface area is 94.8 Å². The minimum Gasteiger partial charge on any atom is -0.377 e. The first-order valence-corrected chi connectivity index (χ1v) is 6.51. The Bertz CT molecular complexity index is 170. The van der Waals surface area contributed by atoms with Crippen LogP contribution in [0.15, 0.2) is 0 Å². The highest BCUT2D eigenvalue weighted by atomic mass is 16.5. The van der Waals surface area contributed by atoms with Gasteiger partial charge >= 0.3 is 0 Å². The largest absolute Gasteiger partial charge is 0.377 e.